The Hall–Kier alpha value is -4.46. The summed E-state index contributed by atoms with van der Waals surface area (Å²) in [6, 6.07) is 16.5. The second-order valence-corrected chi connectivity index (χ2v) is 8.57. The lowest BCUT2D eigenvalue weighted by molar-refractivity contribution is -0.136. The molecular formula is C28H30N4O4. The molecule has 3 aromatic rings. The van der Waals surface area contributed by atoms with Crippen LogP contribution in [0, 0.1) is 34.6 Å². The molecule has 8 nitrogen and oxygen atoms in total. The van der Waals surface area contributed by atoms with E-state index in [1.54, 1.807) is 24.3 Å². The van der Waals surface area contributed by atoms with Crippen molar-refractivity contribution in [2.24, 2.45) is 5.10 Å². The number of nitrogens with zero attached hydrogens (tertiary/aromatic N) is 1. The van der Waals surface area contributed by atoms with Crippen molar-refractivity contribution in [3.8, 4) is 5.75 Å². The molecule has 0 radical (unpaired) electrons. The molecule has 3 aromatic carbocycles. The zero-order valence-electron chi connectivity index (χ0n) is 21.1. The maximum atomic E-state index is 12.5. The fourth-order valence-corrected chi connectivity index (χ4v) is 3.81. The van der Waals surface area contributed by atoms with Crippen molar-refractivity contribution in [1.29, 1.82) is 0 Å². The summed E-state index contributed by atoms with van der Waals surface area (Å²) in [5, 5.41) is 9.37. The first-order chi connectivity index (χ1) is 17.2. The SMILES string of the molecule is Cc1cc(C)c(NC(=O)COc2ccccc2/C=N\NC(=O)C(=O)Nc2c(C)cccc2C)c(C)c1. The number of nitrogens with one attached hydrogen (secondary N) is 3. The van der Waals surface area contributed by atoms with E-state index in [0.717, 1.165) is 33.5 Å². The summed E-state index contributed by atoms with van der Waals surface area (Å²) in [4.78, 5) is 36.9. The molecule has 0 bridgehead atoms. The van der Waals surface area contributed by atoms with Crippen LogP contribution in [0.4, 0.5) is 11.4 Å². The minimum absolute atomic E-state index is 0.206. The van der Waals surface area contributed by atoms with Crippen LogP contribution in [0.1, 0.15) is 33.4 Å². The number of benzene rings is 3. The van der Waals surface area contributed by atoms with Gasteiger partial charge in [-0.2, -0.15) is 5.10 Å². The van der Waals surface area contributed by atoms with Gasteiger partial charge in [0, 0.05) is 16.9 Å². The highest BCUT2D eigenvalue weighted by molar-refractivity contribution is 6.39. The second kappa shape index (κ2) is 11.8. The molecule has 0 aliphatic carbocycles. The van der Waals surface area contributed by atoms with Crippen molar-refractivity contribution in [2.45, 2.75) is 34.6 Å². The number of amides is 3. The van der Waals surface area contributed by atoms with Crippen LogP contribution in [-0.4, -0.2) is 30.5 Å². The highest BCUT2D eigenvalue weighted by atomic mass is 16.5. The Labute approximate surface area is 210 Å². The van der Waals surface area contributed by atoms with Crippen molar-refractivity contribution in [1.82, 2.24) is 5.43 Å². The first kappa shape index (κ1) is 26.2. The average Bonchev–Trinajstić information content (AvgIpc) is 2.83. The molecule has 3 rings (SSSR count). The quantitative estimate of drug-likeness (QED) is 0.262. The predicted molar refractivity (Wildman–Crippen MR) is 142 cm³/mol. The van der Waals surface area contributed by atoms with Gasteiger partial charge in [-0.1, -0.05) is 48.0 Å². The van der Waals surface area contributed by atoms with E-state index in [0.29, 0.717) is 17.0 Å². The number of para-hydroxylation sites is 2. The van der Waals surface area contributed by atoms with Gasteiger partial charge in [-0.3, -0.25) is 14.4 Å². The van der Waals surface area contributed by atoms with Crippen LogP contribution in [0.5, 0.6) is 5.75 Å². The normalized spacial score (nSPS) is 10.7. The molecule has 0 aliphatic rings. The molecule has 186 valence electrons. The summed E-state index contributed by atoms with van der Waals surface area (Å²) in [5.74, 6) is -1.63. The summed E-state index contributed by atoms with van der Waals surface area (Å²) in [6.45, 7) is 9.38. The molecule has 0 saturated heterocycles. The van der Waals surface area contributed by atoms with Gasteiger partial charge in [0.15, 0.2) is 6.61 Å². The molecule has 0 fully saturated rings. The van der Waals surface area contributed by atoms with Crippen molar-refractivity contribution >= 4 is 35.3 Å². The lowest BCUT2D eigenvalue weighted by Crippen LogP contribution is -2.32. The zero-order chi connectivity index (χ0) is 26.2. The summed E-state index contributed by atoms with van der Waals surface area (Å²) >= 11 is 0. The third-order valence-electron chi connectivity index (χ3n) is 5.51. The number of aryl methyl sites for hydroxylation is 5. The highest BCUT2D eigenvalue weighted by Gasteiger charge is 2.15. The van der Waals surface area contributed by atoms with Crippen molar-refractivity contribution in [3.05, 3.63) is 88.0 Å². The lowest BCUT2D eigenvalue weighted by atomic mass is 10.1. The first-order valence-electron chi connectivity index (χ1n) is 11.5. The molecule has 3 N–H and O–H groups in total. The maximum absolute atomic E-state index is 12.5. The van der Waals surface area contributed by atoms with Gasteiger partial charge in [-0.05, 0) is 69.0 Å². The number of carbonyl (C=O) groups is 3. The molecule has 8 heteroatoms. The standard InChI is InChI=1S/C28H30N4O4/c1-17-13-20(4)26(21(5)14-17)30-24(33)16-36-23-12-7-6-11-22(23)15-29-32-28(35)27(34)31-25-18(2)9-8-10-19(25)3/h6-15H,16H2,1-5H3,(H,30,33)(H,31,34)(H,32,35)/b29-15-. The Morgan fingerprint density at radius 2 is 1.39 bits per heavy atom. The Morgan fingerprint density at radius 1 is 0.778 bits per heavy atom. The largest absolute Gasteiger partial charge is 0.483 e. The minimum atomic E-state index is -0.907. The van der Waals surface area contributed by atoms with E-state index in [4.69, 9.17) is 4.74 Å². The molecule has 0 saturated carbocycles. The van der Waals surface area contributed by atoms with Crippen LogP contribution in [0.25, 0.3) is 0 Å². The molecule has 0 unspecified atom stereocenters. The van der Waals surface area contributed by atoms with Crippen molar-refractivity contribution in [3.63, 3.8) is 0 Å². The van der Waals surface area contributed by atoms with E-state index in [1.165, 1.54) is 6.21 Å². The summed E-state index contributed by atoms with van der Waals surface area (Å²) in [6.07, 6.45) is 1.35. The topological polar surface area (TPSA) is 109 Å². The van der Waals surface area contributed by atoms with Crippen LogP contribution in [0.2, 0.25) is 0 Å². The zero-order valence-corrected chi connectivity index (χ0v) is 21.1. The van der Waals surface area contributed by atoms with E-state index in [9.17, 15) is 14.4 Å². The number of ether oxygens (including phenoxy) is 1. The summed E-state index contributed by atoms with van der Waals surface area (Å²) in [7, 11) is 0. The Bertz CT molecular complexity index is 1290. The van der Waals surface area contributed by atoms with Gasteiger partial charge < -0.3 is 15.4 Å². The van der Waals surface area contributed by atoms with E-state index in [-0.39, 0.29) is 12.5 Å². The second-order valence-electron chi connectivity index (χ2n) is 8.57. The van der Waals surface area contributed by atoms with Crippen molar-refractivity contribution < 1.29 is 19.1 Å². The highest BCUT2D eigenvalue weighted by Crippen LogP contribution is 2.22. The molecule has 36 heavy (non-hydrogen) atoms. The van der Waals surface area contributed by atoms with E-state index >= 15 is 0 Å². The van der Waals surface area contributed by atoms with Crippen LogP contribution in [0.15, 0.2) is 59.7 Å². The molecular weight excluding hydrogens is 456 g/mol. The number of rotatable bonds is 7. The lowest BCUT2D eigenvalue weighted by Gasteiger charge is -2.14. The number of carbonyl (C=O) groups excluding carboxylic acids is 3. The molecule has 0 heterocycles. The van der Waals surface area contributed by atoms with Gasteiger partial charge >= 0.3 is 11.8 Å². The molecule has 0 aliphatic heterocycles. The van der Waals surface area contributed by atoms with Crippen LogP contribution >= 0.6 is 0 Å². The monoisotopic (exact) mass is 486 g/mol. The Balaban J connectivity index is 1.58. The number of hydrogen-bond donors (Lipinski definition) is 3. The van der Waals surface area contributed by atoms with Crippen LogP contribution in [0.3, 0.4) is 0 Å². The Morgan fingerprint density at radius 3 is 2.06 bits per heavy atom. The fraction of sp³-hybridized carbons (Fsp3) is 0.214. The van der Waals surface area contributed by atoms with Crippen LogP contribution < -0.4 is 20.8 Å². The maximum Gasteiger partial charge on any atom is 0.329 e. The van der Waals surface area contributed by atoms with Crippen LogP contribution in [-0.2, 0) is 14.4 Å². The number of anilines is 2. The molecule has 0 aromatic heterocycles. The first-order valence-corrected chi connectivity index (χ1v) is 11.5. The van der Waals surface area contributed by atoms with Gasteiger partial charge in [-0.15, -0.1) is 0 Å². The fourth-order valence-electron chi connectivity index (χ4n) is 3.81. The summed E-state index contributed by atoms with van der Waals surface area (Å²) < 4.78 is 5.69. The van der Waals surface area contributed by atoms with Crippen molar-refractivity contribution in [2.75, 3.05) is 17.2 Å². The Kier molecular flexibility index (Phi) is 8.57. The van der Waals surface area contributed by atoms with Gasteiger partial charge in [0.1, 0.15) is 5.75 Å². The van der Waals surface area contributed by atoms with Gasteiger partial charge in [0.25, 0.3) is 5.91 Å². The third kappa shape index (κ3) is 6.79. The smallest absolute Gasteiger partial charge is 0.329 e. The van der Waals surface area contributed by atoms with E-state index in [1.807, 2.05) is 65.0 Å². The molecule has 0 spiro atoms. The molecule has 3 amide bonds. The number of hydrazone groups is 1. The van der Waals surface area contributed by atoms with Gasteiger partial charge in [-0.25, -0.2) is 5.43 Å². The van der Waals surface area contributed by atoms with Gasteiger partial charge in [0.05, 0.1) is 6.21 Å². The third-order valence-corrected chi connectivity index (χ3v) is 5.51. The number of hydrogen-bond acceptors (Lipinski definition) is 5. The van der Waals surface area contributed by atoms with Gasteiger partial charge in [0.2, 0.25) is 0 Å². The van der Waals surface area contributed by atoms with E-state index < -0.39 is 11.8 Å². The van der Waals surface area contributed by atoms with E-state index in [2.05, 4.69) is 21.2 Å². The predicted octanol–water partition coefficient (Wildman–Crippen LogP) is 4.34. The average molecular weight is 487 g/mol. The molecule has 0 atom stereocenters. The summed E-state index contributed by atoms with van der Waals surface area (Å²) in [5.41, 5.74) is 8.89. The minimum Gasteiger partial charge on any atom is -0.483 e.